The van der Waals surface area contributed by atoms with Crippen LogP contribution in [0.4, 0.5) is 0 Å². The highest BCUT2D eigenvalue weighted by molar-refractivity contribution is 6.31. The normalized spacial score (nSPS) is 13.2. The van der Waals surface area contributed by atoms with Gasteiger partial charge in [-0.1, -0.05) is 24.3 Å². The molecular weight excluding hydrogens is 444 g/mol. The highest BCUT2D eigenvalue weighted by Gasteiger charge is 2.35. The summed E-state index contributed by atoms with van der Waals surface area (Å²) < 4.78 is 5.53. The van der Waals surface area contributed by atoms with Crippen molar-refractivity contribution in [3.8, 4) is 5.75 Å². The average molecular weight is 477 g/mol. The number of imide groups is 1. The van der Waals surface area contributed by atoms with Gasteiger partial charge in [0.15, 0.2) is 0 Å². The van der Waals surface area contributed by atoms with Crippen molar-refractivity contribution in [3.05, 3.63) is 53.6 Å². The predicted octanol–water partition coefficient (Wildman–Crippen LogP) is 4.49. The molecule has 2 amide bonds. The van der Waals surface area contributed by atoms with Crippen LogP contribution in [-0.2, 0) is 9.59 Å². The zero-order valence-corrected chi connectivity index (χ0v) is 20.4. The highest BCUT2D eigenvalue weighted by atomic mass is 16.5. The van der Waals surface area contributed by atoms with E-state index in [0.29, 0.717) is 61.0 Å². The van der Waals surface area contributed by atoms with Crippen LogP contribution in [0.3, 0.4) is 0 Å². The van der Waals surface area contributed by atoms with E-state index in [1.807, 2.05) is 42.3 Å². The zero-order chi connectivity index (χ0) is 25.1. The van der Waals surface area contributed by atoms with Crippen molar-refractivity contribution < 1.29 is 25.3 Å². The summed E-state index contributed by atoms with van der Waals surface area (Å²) in [5.41, 5.74) is 1.03. The number of benzene rings is 3. The number of hydrogen-bond donors (Lipinski definition) is 0. The van der Waals surface area contributed by atoms with Crippen LogP contribution in [0.15, 0.2) is 42.5 Å². The molecule has 0 aromatic heterocycles. The number of carbonyl (C=O) groups is 4. The van der Waals surface area contributed by atoms with E-state index in [-0.39, 0.29) is 31.4 Å². The minimum Gasteiger partial charge on any atom is -0.496 e. The van der Waals surface area contributed by atoms with Gasteiger partial charge in [0.05, 0.1) is 12.7 Å². The van der Waals surface area contributed by atoms with Crippen molar-refractivity contribution in [2.45, 2.75) is 32.6 Å². The molecule has 3 aromatic rings. The fourth-order valence-electron chi connectivity index (χ4n) is 4.68. The number of amides is 2. The first-order valence-electron chi connectivity index (χ1n) is 11.9. The maximum atomic E-state index is 13.6. The molecule has 0 spiro atoms. The molecule has 0 radical (unpaired) electrons. The summed E-state index contributed by atoms with van der Waals surface area (Å²) >= 11 is 0. The van der Waals surface area contributed by atoms with Gasteiger partial charge in [0.2, 0.25) is 0 Å². The first-order valence-corrected chi connectivity index (χ1v) is 11.9. The lowest BCUT2D eigenvalue weighted by molar-refractivity contribution is -0.123. The number of nitrogens with zero attached hydrogens (tertiary/aromatic N) is 2. The number of ketones is 2. The Morgan fingerprint density at radius 2 is 1.74 bits per heavy atom. The van der Waals surface area contributed by atoms with Crippen molar-refractivity contribution in [1.82, 2.24) is 9.80 Å². The van der Waals surface area contributed by atoms with Gasteiger partial charge < -0.3 is 14.4 Å². The standard InChI is InChI=1S/C28H30N2O5.H2/c1-18(31)10-11-20(32)8-6-14-29(2)15-16-30-27(33)22-12-13-24(35-3)23-17-19-7-4-5-9-21(19)26(25(22)23)28(30)34;/h4-5,7,9,12-13,17H,6,8,10-11,14-16H2,1-3H3;1H. The van der Waals surface area contributed by atoms with Crippen molar-refractivity contribution in [2.75, 3.05) is 33.8 Å². The maximum Gasteiger partial charge on any atom is 0.262 e. The van der Waals surface area contributed by atoms with Crippen LogP contribution in [0.5, 0.6) is 5.75 Å². The number of ether oxygens (including phenoxy) is 1. The Hall–Kier alpha value is -3.58. The van der Waals surface area contributed by atoms with Crippen LogP contribution in [-0.4, -0.2) is 67.0 Å². The molecule has 35 heavy (non-hydrogen) atoms. The fraction of sp³-hybridized carbons (Fsp3) is 0.357. The Bertz CT molecular complexity index is 1340. The minimum absolute atomic E-state index is 0. The van der Waals surface area contributed by atoms with E-state index in [0.717, 1.165) is 16.2 Å². The van der Waals surface area contributed by atoms with Crippen LogP contribution in [0.1, 0.15) is 54.7 Å². The fourth-order valence-corrected chi connectivity index (χ4v) is 4.68. The average Bonchev–Trinajstić information content (AvgIpc) is 2.84. The van der Waals surface area contributed by atoms with Crippen molar-refractivity contribution in [1.29, 1.82) is 0 Å². The van der Waals surface area contributed by atoms with Gasteiger partial charge in [-0.05, 0) is 55.9 Å². The van der Waals surface area contributed by atoms with Crippen LogP contribution in [0.25, 0.3) is 21.5 Å². The van der Waals surface area contributed by atoms with Gasteiger partial charge in [0.1, 0.15) is 17.3 Å². The lowest BCUT2D eigenvalue weighted by Gasteiger charge is -2.30. The third kappa shape index (κ3) is 4.95. The molecule has 0 fully saturated rings. The van der Waals surface area contributed by atoms with Gasteiger partial charge in [-0.2, -0.15) is 0 Å². The number of carbonyl (C=O) groups excluding carboxylic acids is 4. The number of likely N-dealkylation sites (N-methyl/N-ethyl adjacent to an activating group) is 1. The summed E-state index contributed by atoms with van der Waals surface area (Å²) in [5, 5.41) is 3.13. The summed E-state index contributed by atoms with van der Waals surface area (Å²) in [5.74, 6) is 0.128. The summed E-state index contributed by atoms with van der Waals surface area (Å²) in [6.07, 6.45) is 1.67. The third-order valence-electron chi connectivity index (χ3n) is 6.60. The molecule has 0 bridgehead atoms. The maximum absolute atomic E-state index is 13.6. The lowest BCUT2D eigenvalue weighted by Crippen LogP contribution is -2.44. The van der Waals surface area contributed by atoms with Crippen molar-refractivity contribution in [2.24, 2.45) is 0 Å². The predicted molar refractivity (Wildman–Crippen MR) is 137 cm³/mol. The van der Waals surface area contributed by atoms with Crippen LogP contribution >= 0.6 is 0 Å². The SMILES string of the molecule is COc1ccc2c3c(c4ccccc4cc13)C(=O)N(CCN(C)CCCC(=O)CCC(C)=O)C2=O.[HH]. The molecule has 4 rings (SSSR count). The molecule has 0 saturated carbocycles. The van der Waals surface area contributed by atoms with E-state index in [9.17, 15) is 19.2 Å². The van der Waals surface area contributed by atoms with Crippen molar-refractivity contribution in [3.63, 3.8) is 0 Å². The molecule has 0 aliphatic carbocycles. The van der Waals surface area contributed by atoms with Gasteiger partial charge in [-0.25, -0.2) is 0 Å². The van der Waals surface area contributed by atoms with E-state index >= 15 is 0 Å². The summed E-state index contributed by atoms with van der Waals surface area (Å²) in [6.45, 7) is 2.90. The monoisotopic (exact) mass is 476 g/mol. The first-order chi connectivity index (χ1) is 16.8. The summed E-state index contributed by atoms with van der Waals surface area (Å²) in [4.78, 5) is 53.3. The molecule has 1 aliphatic heterocycles. The van der Waals surface area contributed by atoms with E-state index in [2.05, 4.69) is 0 Å². The van der Waals surface area contributed by atoms with E-state index < -0.39 is 0 Å². The Balaban J connectivity index is 0.00000361. The smallest absolute Gasteiger partial charge is 0.262 e. The minimum atomic E-state index is -0.307. The molecule has 1 heterocycles. The summed E-state index contributed by atoms with van der Waals surface area (Å²) in [7, 11) is 3.49. The molecule has 3 aromatic carbocycles. The molecule has 0 unspecified atom stereocenters. The highest BCUT2D eigenvalue weighted by Crippen LogP contribution is 2.39. The third-order valence-corrected chi connectivity index (χ3v) is 6.60. The van der Waals surface area contributed by atoms with Gasteiger partial charge >= 0.3 is 0 Å². The number of rotatable bonds is 11. The molecule has 0 saturated heterocycles. The van der Waals surface area contributed by atoms with Gasteiger partial charge in [-0.3, -0.25) is 19.3 Å². The van der Waals surface area contributed by atoms with E-state index in [1.54, 1.807) is 19.2 Å². The molecule has 184 valence electrons. The molecule has 7 heteroatoms. The Kier molecular flexibility index (Phi) is 7.26. The molecule has 7 nitrogen and oxygen atoms in total. The largest absolute Gasteiger partial charge is 0.496 e. The topological polar surface area (TPSA) is 84.0 Å². The van der Waals surface area contributed by atoms with E-state index in [4.69, 9.17) is 4.74 Å². The van der Waals surface area contributed by atoms with Gasteiger partial charge in [0, 0.05) is 50.1 Å². The second-order valence-corrected chi connectivity index (χ2v) is 9.12. The second-order valence-electron chi connectivity index (χ2n) is 9.12. The summed E-state index contributed by atoms with van der Waals surface area (Å²) in [6, 6.07) is 13.2. The number of fused-ring (bicyclic) bond motifs is 2. The second kappa shape index (κ2) is 10.4. The van der Waals surface area contributed by atoms with Gasteiger partial charge in [-0.15, -0.1) is 0 Å². The Morgan fingerprint density at radius 3 is 2.49 bits per heavy atom. The first kappa shape index (κ1) is 24.5. The molecule has 1 aliphatic rings. The quantitative estimate of drug-likeness (QED) is 0.299. The van der Waals surface area contributed by atoms with Gasteiger partial charge in [0.25, 0.3) is 11.8 Å². The van der Waals surface area contributed by atoms with E-state index in [1.165, 1.54) is 11.8 Å². The molecule has 0 atom stereocenters. The Labute approximate surface area is 206 Å². The van der Waals surface area contributed by atoms with Crippen LogP contribution in [0.2, 0.25) is 0 Å². The molecular formula is C28H32N2O5. The number of methoxy groups -OCH3 is 1. The van der Waals surface area contributed by atoms with Crippen LogP contribution < -0.4 is 4.74 Å². The zero-order valence-electron chi connectivity index (χ0n) is 20.4. The lowest BCUT2D eigenvalue weighted by atomic mass is 9.89. The Morgan fingerprint density at radius 1 is 0.971 bits per heavy atom. The van der Waals surface area contributed by atoms with Crippen LogP contribution in [0, 0.1) is 0 Å². The number of Topliss-reactive ketones (excluding diaryl/α,β-unsaturated/α-hetero) is 2. The van der Waals surface area contributed by atoms with Crippen molar-refractivity contribution >= 4 is 44.9 Å². The molecule has 0 N–H and O–H groups in total. The number of hydrogen-bond acceptors (Lipinski definition) is 6.